The van der Waals surface area contributed by atoms with Gasteiger partial charge in [0.15, 0.2) is 6.04 Å². The average molecular weight is 355 g/mol. The van der Waals surface area contributed by atoms with Gasteiger partial charge in [0, 0.05) is 0 Å². The van der Waals surface area contributed by atoms with Gasteiger partial charge in [0.1, 0.15) is 12.3 Å². The number of hydrogen-bond donors (Lipinski definition) is 3. The Kier molecular flexibility index (Phi) is 4.74. The molecular weight excluding hydrogens is 338 g/mol. The van der Waals surface area contributed by atoms with E-state index in [2.05, 4.69) is 10.3 Å². The van der Waals surface area contributed by atoms with Crippen molar-refractivity contribution in [2.45, 2.75) is 12.6 Å². The minimum Gasteiger partial charge on any atom is -0.497 e. The van der Waals surface area contributed by atoms with Crippen LogP contribution in [0, 0.1) is 0 Å². The predicted octanol–water partition coefficient (Wildman–Crippen LogP) is 1.28. The molecule has 0 fully saturated rings. The second-order valence-corrected chi connectivity index (χ2v) is 5.65. The van der Waals surface area contributed by atoms with E-state index < -0.39 is 23.6 Å². The van der Waals surface area contributed by atoms with E-state index in [0.29, 0.717) is 22.3 Å². The molecule has 26 heavy (non-hydrogen) atoms. The van der Waals surface area contributed by atoms with Crippen molar-refractivity contribution in [3.8, 4) is 5.75 Å². The normalized spacial score (nSPS) is 11.9. The van der Waals surface area contributed by atoms with Crippen LogP contribution in [0.15, 0.2) is 53.3 Å². The first kappa shape index (κ1) is 17.3. The Morgan fingerprint density at radius 1 is 1.19 bits per heavy atom. The van der Waals surface area contributed by atoms with E-state index in [1.165, 1.54) is 11.7 Å². The number of aliphatic carboxylic acids is 1. The SMILES string of the molecule is COc1ccc(C(NC(=O)Cn2c(=O)[nH]c3ccccc32)C(=O)O)cc1. The number of benzene rings is 2. The number of ether oxygens (including phenoxy) is 1. The zero-order valence-electron chi connectivity index (χ0n) is 13.9. The molecule has 0 bridgehead atoms. The summed E-state index contributed by atoms with van der Waals surface area (Å²) in [6.45, 7) is -0.289. The zero-order valence-corrected chi connectivity index (χ0v) is 13.9. The number of carboxylic acid groups (broad SMARTS) is 1. The highest BCUT2D eigenvalue weighted by atomic mass is 16.5. The molecule has 1 unspecified atom stereocenters. The van der Waals surface area contributed by atoms with Crippen molar-refractivity contribution in [3.05, 3.63) is 64.6 Å². The molecule has 2 aromatic carbocycles. The third kappa shape index (κ3) is 3.44. The lowest BCUT2D eigenvalue weighted by Gasteiger charge is -2.15. The number of imidazole rings is 1. The fourth-order valence-electron chi connectivity index (χ4n) is 2.70. The largest absolute Gasteiger partial charge is 0.497 e. The first-order valence-corrected chi connectivity index (χ1v) is 7.83. The van der Waals surface area contributed by atoms with Crippen LogP contribution >= 0.6 is 0 Å². The quantitative estimate of drug-likeness (QED) is 0.616. The smallest absolute Gasteiger partial charge is 0.330 e. The highest BCUT2D eigenvalue weighted by Crippen LogP contribution is 2.18. The summed E-state index contributed by atoms with van der Waals surface area (Å²) in [6, 6.07) is 12.1. The summed E-state index contributed by atoms with van der Waals surface area (Å²) >= 11 is 0. The molecule has 0 saturated carbocycles. The van der Waals surface area contributed by atoms with Crippen LogP contribution in [-0.2, 0) is 16.1 Å². The molecule has 3 rings (SSSR count). The van der Waals surface area contributed by atoms with Crippen LogP contribution in [0.2, 0.25) is 0 Å². The van der Waals surface area contributed by atoms with Gasteiger partial charge in [-0.25, -0.2) is 9.59 Å². The molecular formula is C18H17N3O5. The number of rotatable bonds is 6. The van der Waals surface area contributed by atoms with Crippen molar-refractivity contribution >= 4 is 22.9 Å². The summed E-state index contributed by atoms with van der Waals surface area (Å²) in [5.74, 6) is -1.20. The van der Waals surface area contributed by atoms with Crippen LogP contribution in [0.1, 0.15) is 11.6 Å². The number of carbonyl (C=O) groups is 2. The predicted molar refractivity (Wildman–Crippen MR) is 94.1 cm³/mol. The molecule has 0 spiro atoms. The molecule has 0 aliphatic rings. The van der Waals surface area contributed by atoms with Gasteiger partial charge in [-0.05, 0) is 29.8 Å². The summed E-state index contributed by atoms with van der Waals surface area (Å²) in [5, 5.41) is 11.9. The Bertz CT molecular complexity index is 1000. The summed E-state index contributed by atoms with van der Waals surface area (Å²) in [7, 11) is 1.50. The Hall–Kier alpha value is -3.55. The first-order valence-electron chi connectivity index (χ1n) is 7.83. The molecule has 8 heteroatoms. The Morgan fingerprint density at radius 2 is 1.88 bits per heavy atom. The first-order chi connectivity index (χ1) is 12.5. The molecule has 0 saturated heterocycles. The number of fused-ring (bicyclic) bond motifs is 1. The molecule has 1 heterocycles. The standard InChI is InChI=1S/C18H17N3O5/c1-26-12-8-6-11(7-9-12)16(17(23)24)20-15(22)10-21-14-5-3-2-4-13(14)19-18(21)25/h2-9,16H,10H2,1H3,(H,19,25)(H,20,22)(H,23,24). The number of nitrogens with zero attached hydrogens (tertiary/aromatic N) is 1. The second-order valence-electron chi connectivity index (χ2n) is 5.65. The van der Waals surface area contributed by atoms with Crippen LogP contribution < -0.4 is 15.7 Å². The van der Waals surface area contributed by atoms with E-state index in [4.69, 9.17) is 4.74 Å². The lowest BCUT2D eigenvalue weighted by molar-refractivity contribution is -0.142. The van der Waals surface area contributed by atoms with Gasteiger partial charge in [-0.3, -0.25) is 9.36 Å². The van der Waals surface area contributed by atoms with Crippen LogP contribution in [-0.4, -0.2) is 33.6 Å². The fraction of sp³-hybridized carbons (Fsp3) is 0.167. The number of H-pyrrole nitrogens is 1. The van der Waals surface area contributed by atoms with Crippen LogP contribution in [0.5, 0.6) is 5.75 Å². The zero-order chi connectivity index (χ0) is 18.7. The third-order valence-electron chi connectivity index (χ3n) is 3.98. The average Bonchev–Trinajstić information content (AvgIpc) is 2.95. The van der Waals surface area contributed by atoms with Crippen LogP contribution in [0.3, 0.4) is 0 Å². The van der Waals surface area contributed by atoms with Crippen molar-refractivity contribution in [2.24, 2.45) is 0 Å². The Balaban J connectivity index is 1.80. The molecule has 3 aromatic rings. The van der Waals surface area contributed by atoms with E-state index in [-0.39, 0.29) is 6.54 Å². The molecule has 0 aliphatic carbocycles. The van der Waals surface area contributed by atoms with Gasteiger partial charge in [-0.1, -0.05) is 24.3 Å². The number of hydrogen-bond acceptors (Lipinski definition) is 4. The minimum absolute atomic E-state index is 0.289. The van der Waals surface area contributed by atoms with Gasteiger partial charge < -0.3 is 20.1 Å². The van der Waals surface area contributed by atoms with E-state index in [1.807, 2.05) is 0 Å². The molecule has 8 nitrogen and oxygen atoms in total. The van der Waals surface area contributed by atoms with Crippen molar-refractivity contribution in [1.29, 1.82) is 0 Å². The summed E-state index contributed by atoms with van der Waals surface area (Å²) in [5.41, 5.74) is 1.15. The Labute approximate surface area is 148 Å². The molecule has 1 aromatic heterocycles. The number of para-hydroxylation sites is 2. The van der Waals surface area contributed by atoms with Crippen molar-refractivity contribution in [2.75, 3.05) is 7.11 Å². The van der Waals surface area contributed by atoms with Crippen LogP contribution in [0.4, 0.5) is 0 Å². The summed E-state index contributed by atoms with van der Waals surface area (Å²) in [4.78, 5) is 38.6. The maximum absolute atomic E-state index is 12.3. The van der Waals surface area contributed by atoms with Crippen molar-refractivity contribution < 1.29 is 19.4 Å². The third-order valence-corrected chi connectivity index (χ3v) is 3.98. The number of methoxy groups -OCH3 is 1. The van der Waals surface area contributed by atoms with Crippen LogP contribution in [0.25, 0.3) is 11.0 Å². The summed E-state index contributed by atoms with van der Waals surface area (Å²) < 4.78 is 6.30. The molecule has 134 valence electrons. The topological polar surface area (TPSA) is 113 Å². The lowest BCUT2D eigenvalue weighted by Crippen LogP contribution is -2.37. The van der Waals surface area contributed by atoms with Gasteiger partial charge in [-0.2, -0.15) is 0 Å². The maximum Gasteiger partial charge on any atom is 0.330 e. The number of amides is 1. The highest BCUT2D eigenvalue weighted by Gasteiger charge is 2.23. The second kappa shape index (κ2) is 7.14. The van der Waals surface area contributed by atoms with Crippen molar-refractivity contribution in [3.63, 3.8) is 0 Å². The molecule has 3 N–H and O–H groups in total. The van der Waals surface area contributed by atoms with E-state index in [1.54, 1.807) is 48.5 Å². The molecule has 1 atom stereocenters. The highest BCUT2D eigenvalue weighted by molar-refractivity contribution is 5.85. The van der Waals surface area contributed by atoms with Gasteiger partial charge >= 0.3 is 11.7 Å². The number of aromatic nitrogens is 2. The fourth-order valence-corrected chi connectivity index (χ4v) is 2.70. The van der Waals surface area contributed by atoms with Crippen molar-refractivity contribution in [1.82, 2.24) is 14.9 Å². The monoisotopic (exact) mass is 355 g/mol. The summed E-state index contributed by atoms with van der Waals surface area (Å²) in [6.07, 6.45) is 0. The van der Waals surface area contributed by atoms with Gasteiger partial charge in [0.05, 0.1) is 18.1 Å². The minimum atomic E-state index is -1.23. The molecule has 0 aliphatic heterocycles. The molecule has 1 amide bonds. The number of carbonyl (C=O) groups excluding carboxylic acids is 1. The molecule has 0 radical (unpaired) electrons. The van der Waals surface area contributed by atoms with Gasteiger partial charge in [0.2, 0.25) is 5.91 Å². The number of nitrogens with one attached hydrogen (secondary N) is 2. The van der Waals surface area contributed by atoms with E-state index >= 15 is 0 Å². The van der Waals surface area contributed by atoms with E-state index in [0.717, 1.165) is 0 Å². The van der Waals surface area contributed by atoms with E-state index in [9.17, 15) is 19.5 Å². The Morgan fingerprint density at radius 3 is 2.54 bits per heavy atom. The maximum atomic E-state index is 12.3. The number of carboxylic acids is 1. The number of aromatic amines is 1. The lowest BCUT2D eigenvalue weighted by atomic mass is 10.1. The van der Waals surface area contributed by atoms with Gasteiger partial charge in [-0.15, -0.1) is 0 Å². The van der Waals surface area contributed by atoms with Gasteiger partial charge in [0.25, 0.3) is 0 Å².